The monoisotopic (exact) mass is 235 g/mol. The number of nitrogens with zero attached hydrogens (tertiary/aromatic N) is 1. The molecule has 17 heavy (non-hydrogen) atoms. The van der Waals surface area contributed by atoms with Crippen LogP contribution in [0, 0.1) is 6.92 Å². The molecule has 1 rings (SSSR count). The summed E-state index contributed by atoms with van der Waals surface area (Å²) in [4.78, 5) is 13.5. The van der Waals surface area contributed by atoms with Gasteiger partial charge in [-0.15, -0.1) is 0 Å². The second kappa shape index (κ2) is 5.32. The fourth-order valence-corrected chi connectivity index (χ4v) is 2.16. The number of benzene rings is 1. The quantitative estimate of drug-likeness (QED) is 0.853. The first-order valence-electron chi connectivity index (χ1n) is 5.95. The lowest BCUT2D eigenvalue weighted by Crippen LogP contribution is -2.48. The zero-order valence-electron chi connectivity index (χ0n) is 11.0. The maximum atomic E-state index is 11.6. The normalized spacial score (nSPS) is 14.6. The van der Waals surface area contributed by atoms with Crippen LogP contribution in [-0.4, -0.2) is 29.6 Å². The van der Waals surface area contributed by atoms with Gasteiger partial charge in [-0.1, -0.05) is 31.2 Å². The molecule has 0 aliphatic rings. The van der Waals surface area contributed by atoms with Crippen LogP contribution < -0.4 is 0 Å². The van der Waals surface area contributed by atoms with Gasteiger partial charge in [0.25, 0.3) is 0 Å². The lowest BCUT2D eigenvalue weighted by atomic mass is 9.87. The van der Waals surface area contributed by atoms with Crippen molar-refractivity contribution in [1.29, 1.82) is 0 Å². The molecule has 0 fully saturated rings. The summed E-state index contributed by atoms with van der Waals surface area (Å²) < 4.78 is 0. The van der Waals surface area contributed by atoms with Gasteiger partial charge in [0.2, 0.25) is 0 Å². The van der Waals surface area contributed by atoms with Crippen LogP contribution in [0.2, 0.25) is 0 Å². The number of hydrogen-bond acceptors (Lipinski definition) is 2. The Hall–Kier alpha value is -1.35. The van der Waals surface area contributed by atoms with Gasteiger partial charge in [0, 0.05) is 0 Å². The summed E-state index contributed by atoms with van der Waals surface area (Å²) in [6, 6.07) is 7.68. The molecule has 0 spiro atoms. The molecule has 0 amide bonds. The molecule has 0 aliphatic carbocycles. The zero-order chi connectivity index (χ0) is 13.1. The van der Waals surface area contributed by atoms with Gasteiger partial charge in [0.1, 0.15) is 5.54 Å². The summed E-state index contributed by atoms with van der Waals surface area (Å²) in [6.07, 6.45) is 0.936. The van der Waals surface area contributed by atoms with Gasteiger partial charge in [-0.2, -0.15) is 0 Å². The van der Waals surface area contributed by atoms with Gasteiger partial charge in [0.05, 0.1) is 0 Å². The minimum absolute atomic E-state index is 0.761. The van der Waals surface area contributed by atoms with Crippen LogP contribution in [0.5, 0.6) is 0 Å². The van der Waals surface area contributed by atoms with Crippen molar-refractivity contribution in [3.63, 3.8) is 0 Å². The van der Waals surface area contributed by atoms with Gasteiger partial charge in [-0.3, -0.25) is 4.90 Å². The van der Waals surface area contributed by atoms with Crippen molar-refractivity contribution >= 4 is 5.97 Å². The molecule has 1 N–H and O–H groups in total. The smallest absolute Gasteiger partial charge is 0.328 e. The Morgan fingerprint density at radius 2 is 2.00 bits per heavy atom. The standard InChI is InChI=1S/C14H21NO2/c1-5-10-15(4)14(3,13(16)17)12-9-7-6-8-11(12)2/h6-9H,5,10H2,1-4H3,(H,16,17). The molecule has 0 bridgehead atoms. The van der Waals surface area contributed by atoms with Gasteiger partial charge in [-0.25, -0.2) is 4.79 Å². The molecule has 1 unspecified atom stereocenters. The van der Waals surface area contributed by atoms with Crippen LogP contribution in [0.25, 0.3) is 0 Å². The second-order valence-corrected chi connectivity index (χ2v) is 4.61. The molecule has 0 saturated carbocycles. The maximum absolute atomic E-state index is 11.6. The summed E-state index contributed by atoms with van der Waals surface area (Å²) in [6.45, 7) is 6.54. The highest BCUT2D eigenvalue weighted by molar-refractivity contribution is 5.80. The Morgan fingerprint density at radius 1 is 1.41 bits per heavy atom. The highest BCUT2D eigenvalue weighted by Crippen LogP contribution is 2.30. The highest BCUT2D eigenvalue weighted by Gasteiger charge is 2.39. The minimum atomic E-state index is -0.957. The van der Waals surface area contributed by atoms with Crippen molar-refractivity contribution in [2.24, 2.45) is 0 Å². The Labute approximate surface area is 103 Å². The molecular formula is C14H21NO2. The minimum Gasteiger partial charge on any atom is -0.480 e. The van der Waals surface area contributed by atoms with Crippen molar-refractivity contribution in [2.75, 3.05) is 13.6 Å². The van der Waals surface area contributed by atoms with E-state index in [2.05, 4.69) is 6.92 Å². The van der Waals surface area contributed by atoms with Crippen molar-refractivity contribution in [1.82, 2.24) is 4.90 Å². The third kappa shape index (κ3) is 2.50. The molecule has 0 aliphatic heterocycles. The highest BCUT2D eigenvalue weighted by atomic mass is 16.4. The first-order valence-corrected chi connectivity index (χ1v) is 5.95. The fraction of sp³-hybridized carbons (Fsp3) is 0.500. The molecule has 3 heteroatoms. The molecule has 0 saturated heterocycles. The molecule has 0 radical (unpaired) electrons. The number of aryl methyl sites for hydroxylation is 1. The Balaban J connectivity index is 3.26. The third-order valence-electron chi connectivity index (χ3n) is 3.41. The number of carboxylic acids is 1. The predicted molar refractivity (Wildman–Crippen MR) is 69.1 cm³/mol. The zero-order valence-corrected chi connectivity index (χ0v) is 11.0. The number of hydrogen-bond donors (Lipinski definition) is 1. The first-order chi connectivity index (χ1) is 7.94. The van der Waals surface area contributed by atoms with Crippen molar-refractivity contribution < 1.29 is 9.90 Å². The molecule has 1 aromatic rings. The molecular weight excluding hydrogens is 214 g/mol. The van der Waals surface area contributed by atoms with Crippen LogP contribution in [-0.2, 0) is 10.3 Å². The molecule has 0 aromatic heterocycles. The molecule has 94 valence electrons. The van der Waals surface area contributed by atoms with Gasteiger partial charge in [0.15, 0.2) is 0 Å². The van der Waals surface area contributed by atoms with E-state index in [1.54, 1.807) is 6.92 Å². The summed E-state index contributed by atoms with van der Waals surface area (Å²) in [5.41, 5.74) is 0.922. The predicted octanol–water partition coefficient (Wildman–Crippen LogP) is 2.64. The molecule has 0 heterocycles. The van der Waals surface area contributed by atoms with E-state index in [1.165, 1.54) is 0 Å². The maximum Gasteiger partial charge on any atom is 0.328 e. The number of aliphatic carboxylic acids is 1. The summed E-state index contributed by atoms with van der Waals surface area (Å²) in [5.74, 6) is -0.803. The van der Waals surface area contributed by atoms with E-state index in [4.69, 9.17) is 0 Å². The van der Waals surface area contributed by atoms with E-state index >= 15 is 0 Å². The van der Waals surface area contributed by atoms with Gasteiger partial charge in [-0.05, 0) is 45.0 Å². The van der Waals surface area contributed by atoms with E-state index in [9.17, 15) is 9.90 Å². The van der Waals surface area contributed by atoms with Crippen LogP contribution in [0.15, 0.2) is 24.3 Å². The Kier molecular flexibility index (Phi) is 4.29. The number of likely N-dealkylation sites (N-methyl/N-ethyl adjacent to an activating group) is 1. The van der Waals surface area contributed by atoms with Crippen LogP contribution in [0.1, 0.15) is 31.4 Å². The van der Waals surface area contributed by atoms with Crippen molar-refractivity contribution in [3.8, 4) is 0 Å². The van der Waals surface area contributed by atoms with Crippen molar-refractivity contribution in [3.05, 3.63) is 35.4 Å². The average molecular weight is 235 g/mol. The van der Waals surface area contributed by atoms with Crippen LogP contribution in [0.3, 0.4) is 0 Å². The van der Waals surface area contributed by atoms with Gasteiger partial charge >= 0.3 is 5.97 Å². The Bertz CT molecular complexity index is 403. The Morgan fingerprint density at radius 3 is 2.47 bits per heavy atom. The second-order valence-electron chi connectivity index (χ2n) is 4.61. The third-order valence-corrected chi connectivity index (χ3v) is 3.41. The largest absolute Gasteiger partial charge is 0.480 e. The van der Waals surface area contributed by atoms with E-state index in [0.717, 1.165) is 24.1 Å². The topological polar surface area (TPSA) is 40.5 Å². The lowest BCUT2D eigenvalue weighted by molar-refractivity contribution is -0.150. The van der Waals surface area contributed by atoms with Gasteiger partial charge < -0.3 is 5.11 Å². The van der Waals surface area contributed by atoms with E-state index in [0.29, 0.717) is 0 Å². The summed E-state index contributed by atoms with van der Waals surface area (Å²) >= 11 is 0. The molecule has 1 aromatic carbocycles. The lowest BCUT2D eigenvalue weighted by Gasteiger charge is -2.36. The number of carbonyl (C=O) groups is 1. The van der Waals surface area contributed by atoms with Crippen molar-refractivity contribution in [2.45, 2.75) is 32.7 Å². The van der Waals surface area contributed by atoms with E-state index < -0.39 is 11.5 Å². The molecule has 1 atom stereocenters. The van der Waals surface area contributed by atoms with Crippen LogP contribution >= 0.6 is 0 Å². The fourth-order valence-electron chi connectivity index (χ4n) is 2.16. The average Bonchev–Trinajstić information content (AvgIpc) is 2.28. The SMILES string of the molecule is CCCN(C)C(C)(C(=O)O)c1ccccc1C. The van der Waals surface area contributed by atoms with Crippen LogP contribution in [0.4, 0.5) is 0 Å². The van der Waals surface area contributed by atoms with E-state index in [1.807, 2.05) is 43.1 Å². The summed E-state index contributed by atoms with van der Waals surface area (Å²) in [5, 5.41) is 9.57. The first kappa shape index (κ1) is 13.7. The summed E-state index contributed by atoms with van der Waals surface area (Å²) in [7, 11) is 1.87. The van der Waals surface area contributed by atoms with E-state index in [-0.39, 0.29) is 0 Å². The number of carboxylic acid groups (broad SMARTS) is 1. The molecule has 3 nitrogen and oxygen atoms in total. The number of rotatable bonds is 5.